The van der Waals surface area contributed by atoms with Gasteiger partial charge in [0.05, 0.1) is 6.42 Å². The molecule has 0 radical (unpaired) electrons. The van der Waals surface area contributed by atoms with Crippen molar-refractivity contribution >= 4 is 88.7 Å². The molecule has 23 nitrogen and oxygen atoms in total. The minimum Gasteiger partial charge on any atom is -0.481 e. The van der Waals surface area contributed by atoms with E-state index in [9.17, 15) is 58.2 Å². The van der Waals surface area contributed by atoms with Crippen LogP contribution in [0.15, 0.2) is 0 Å². The molecule has 8 amide bonds. The number of amides is 8. The monoisotopic (exact) mass is 849 g/mol. The van der Waals surface area contributed by atoms with Gasteiger partial charge in [-0.25, -0.2) is 0 Å². The first-order valence-corrected chi connectivity index (χ1v) is 20.4. The third-order valence-electron chi connectivity index (χ3n) is 7.80. The van der Waals surface area contributed by atoms with Crippen molar-refractivity contribution in [1.82, 2.24) is 37.2 Å². The van der Waals surface area contributed by atoms with Crippen LogP contribution < -0.4 is 54.4 Å². The number of nitrogens with two attached hydrogens (primary N) is 3. The molecular formula is C32H55N11O12S2. The number of nitrogens with one attached hydrogen (secondary N) is 8. The van der Waals surface area contributed by atoms with Gasteiger partial charge in [0.25, 0.3) is 0 Å². The van der Waals surface area contributed by atoms with Crippen LogP contribution in [0.4, 0.5) is 0 Å². The number of hydrogen-bond donors (Lipinski definition) is 13. The molecule has 0 saturated heterocycles. The van der Waals surface area contributed by atoms with Gasteiger partial charge in [-0.15, -0.1) is 0 Å². The van der Waals surface area contributed by atoms with Gasteiger partial charge in [0, 0.05) is 26.3 Å². The molecule has 16 N–H and O–H groups in total. The second kappa shape index (κ2) is 28.1. The van der Waals surface area contributed by atoms with Crippen LogP contribution in [0.5, 0.6) is 0 Å². The van der Waals surface area contributed by atoms with Gasteiger partial charge in [0.15, 0.2) is 5.96 Å². The Morgan fingerprint density at radius 2 is 0.965 bits per heavy atom. The Bertz CT molecular complexity index is 1440. The zero-order chi connectivity index (χ0) is 43.7. The van der Waals surface area contributed by atoms with Crippen LogP contribution in [0, 0.1) is 5.41 Å². The maximum atomic E-state index is 13.8. The van der Waals surface area contributed by atoms with E-state index in [1.807, 2.05) is 0 Å². The van der Waals surface area contributed by atoms with Crippen LogP contribution in [-0.4, -0.2) is 142 Å². The molecule has 0 saturated carbocycles. The Kier molecular flexibility index (Phi) is 25.5. The Morgan fingerprint density at radius 3 is 1.33 bits per heavy atom. The fourth-order valence-corrected chi connectivity index (χ4v) is 5.85. The minimum absolute atomic E-state index is 0.0232. The molecule has 0 heterocycles. The summed E-state index contributed by atoms with van der Waals surface area (Å²) in [4.78, 5) is 125. The highest BCUT2D eigenvalue weighted by atomic mass is 32.2. The topological polar surface area (TPSA) is 397 Å². The summed E-state index contributed by atoms with van der Waals surface area (Å²) >= 11 is 2.65. The van der Waals surface area contributed by atoms with Crippen molar-refractivity contribution in [2.75, 3.05) is 30.6 Å². The van der Waals surface area contributed by atoms with Crippen molar-refractivity contribution in [1.29, 1.82) is 5.41 Å². The molecule has 0 aromatic carbocycles. The molecule has 0 spiro atoms. The SMILES string of the molecule is CSCC[C@H](NC(=O)[C@H](CCCNC(=N)N)NC(=O)[C@H](CCSC)NC(=O)[C@H](CCC(=O)O)NC(=O)[C@H](CC(=O)O)NC(C)=O)C(=O)N[C@@H](CCC(N)=O)C(N)=O. The summed E-state index contributed by atoms with van der Waals surface area (Å²) in [7, 11) is 0. The molecule has 0 bridgehead atoms. The number of hydrogen-bond acceptors (Lipinski definition) is 13. The molecule has 0 aliphatic rings. The summed E-state index contributed by atoms with van der Waals surface area (Å²) < 4.78 is 0. The lowest BCUT2D eigenvalue weighted by molar-refractivity contribution is -0.141. The van der Waals surface area contributed by atoms with Crippen molar-refractivity contribution in [3.05, 3.63) is 0 Å². The average Bonchev–Trinajstić information content (AvgIpc) is 3.11. The van der Waals surface area contributed by atoms with E-state index in [1.54, 1.807) is 12.5 Å². The predicted octanol–water partition coefficient (Wildman–Crippen LogP) is -4.23. The number of guanidine groups is 1. The minimum atomic E-state index is -1.62. The molecule has 0 rings (SSSR count). The molecule has 0 aliphatic carbocycles. The molecule has 0 fully saturated rings. The Morgan fingerprint density at radius 1 is 0.561 bits per heavy atom. The summed E-state index contributed by atoms with van der Waals surface area (Å²) in [5.74, 6) is -9.58. The van der Waals surface area contributed by atoms with E-state index in [0.717, 1.165) is 6.92 Å². The molecule has 25 heteroatoms. The fraction of sp³-hybridized carbons (Fsp3) is 0.656. The molecule has 0 aliphatic heterocycles. The van der Waals surface area contributed by atoms with E-state index in [1.165, 1.54) is 23.5 Å². The first kappa shape index (κ1) is 51.7. The molecular weight excluding hydrogens is 795 g/mol. The fourth-order valence-electron chi connectivity index (χ4n) is 4.91. The molecule has 0 aromatic rings. The van der Waals surface area contributed by atoms with Gasteiger partial charge in [0.1, 0.15) is 36.3 Å². The predicted molar refractivity (Wildman–Crippen MR) is 209 cm³/mol. The standard InChI is InChI=1S/C32H55N11O12S2/c1-16(44)38-22(15-25(48)49)31(55)41-19(7-9-24(46)47)28(52)43-21(11-14-57-3)30(54)40-18(5-4-12-37-32(35)36)27(51)42-20(10-13-56-2)29(53)39-17(26(34)50)6-8-23(33)45/h17-22H,4-15H2,1-3H3,(H2,33,45)(H2,34,50)(H,38,44)(H,39,53)(H,40,54)(H,41,55)(H,42,51)(H,43,52)(H,46,47)(H,48,49)(H4,35,36,37)/t17-,18-,19-,20-,21-,22-/m0/s1. The van der Waals surface area contributed by atoms with Gasteiger partial charge < -0.3 is 64.6 Å². The highest BCUT2D eigenvalue weighted by Gasteiger charge is 2.33. The third kappa shape index (κ3) is 23.4. The highest BCUT2D eigenvalue weighted by molar-refractivity contribution is 7.98. The van der Waals surface area contributed by atoms with Crippen molar-refractivity contribution in [2.24, 2.45) is 17.2 Å². The molecule has 0 aromatic heterocycles. The van der Waals surface area contributed by atoms with Crippen molar-refractivity contribution in [2.45, 2.75) is 101 Å². The van der Waals surface area contributed by atoms with E-state index in [2.05, 4.69) is 37.2 Å². The molecule has 0 unspecified atom stereocenters. The summed E-state index contributed by atoms with van der Waals surface area (Å²) in [5.41, 5.74) is 15.9. The van der Waals surface area contributed by atoms with Gasteiger partial charge >= 0.3 is 11.9 Å². The van der Waals surface area contributed by atoms with Gasteiger partial charge in [-0.1, -0.05) is 0 Å². The summed E-state index contributed by atoms with van der Waals surface area (Å²) in [6, 6.07) is -8.49. The zero-order valence-electron chi connectivity index (χ0n) is 32.0. The van der Waals surface area contributed by atoms with Gasteiger partial charge in [-0.05, 0) is 62.5 Å². The summed E-state index contributed by atoms with van der Waals surface area (Å²) in [5, 5.41) is 42.8. The number of carboxylic acid groups (broad SMARTS) is 2. The lowest BCUT2D eigenvalue weighted by atomic mass is 10.1. The van der Waals surface area contributed by atoms with Crippen molar-refractivity contribution < 1.29 is 58.2 Å². The number of primary amides is 2. The van der Waals surface area contributed by atoms with Crippen LogP contribution in [-0.2, 0) is 47.9 Å². The zero-order valence-corrected chi connectivity index (χ0v) is 33.6. The smallest absolute Gasteiger partial charge is 0.305 e. The van der Waals surface area contributed by atoms with E-state index < -0.39 is 115 Å². The van der Waals surface area contributed by atoms with Gasteiger partial charge in [-0.3, -0.25) is 53.4 Å². The number of rotatable bonds is 30. The maximum Gasteiger partial charge on any atom is 0.305 e. The summed E-state index contributed by atoms with van der Waals surface area (Å²) in [6.45, 7) is 1.14. The molecule has 6 atom stereocenters. The van der Waals surface area contributed by atoms with Crippen molar-refractivity contribution in [3.63, 3.8) is 0 Å². The number of thioether (sulfide) groups is 2. The number of carbonyl (C=O) groups excluding carboxylic acids is 8. The number of carbonyl (C=O) groups is 10. The molecule has 57 heavy (non-hydrogen) atoms. The van der Waals surface area contributed by atoms with Crippen molar-refractivity contribution in [3.8, 4) is 0 Å². The van der Waals surface area contributed by atoms with Crippen LogP contribution in [0.2, 0.25) is 0 Å². The lowest BCUT2D eigenvalue weighted by Crippen LogP contribution is -2.60. The quantitative estimate of drug-likeness (QED) is 0.0185. The maximum absolute atomic E-state index is 13.8. The normalized spacial score (nSPS) is 13.8. The largest absolute Gasteiger partial charge is 0.481 e. The summed E-state index contributed by atoms with van der Waals surface area (Å²) in [6.07, 6.45) is 1.16. The second-order valence-corrected chi connectivity index (χ2v) is 14.5. The highest BCUT2D eigenvalue weighted by Crippen LogP contribution is 2.09. The van der Waals surface area contributed by atoms with E-state index in [-0.39, 0.29) is 51.0 Å². The third-order valence-corrected chi connectivity index (χ3v) is 9.09. The first-order valence-electron chi connectivity index (χ1n) is 17.6. The van der Waals surface area contributed by atoms with Crippen LogP contribution in [0.1, 0.15) is 64.7 Å². The Labute approximate surface area is 337 Å². The Hall–Kier alpha value is -5.33. The van der Waals surface area contributed by atoms with Crippen LogP contribution in [0.25, 0.3) is 0 Å². The van der Waals surface area contributed by atoms with Gasteiger partial charge in [-0.2, -0.15) is 23.5 Å². The van der Waals surface area contributed by atoms with E-state index in [4.69, 9.17) is 22.6 Å². The van der Waals surface area contributed by atoms with Gasteiger partial charge in [0.2, 0.25) is 47.3 Å². The van der Waals surface area contributed by atoms with Crippen LogP contribution >= 0.6 is 23.5 Å². The van der Waals surface area contributed by atoms with E-state index in [0.29, 0.717) is 11.5 Å². The molecule has 322 valence electrons. The second-order valence-electron chi connectivity index (χ2n) is 12.5. The number of aliphatic carboxylic acids is 2. The first-order chi connectivity index (χ1) is 26.7. The van der Waals surface area contributed by atoms with Crippen LogP contribution in [0.3, 0.4) is 0 Å². The van der Waals surface area contributed by atoms with E-state index >= 15 is 0 Å². The number of carboxylic acids is 2. The lowest BCUT2D eigenvalue weighted by Gasteiger charge is -2.27. The Balaban J connectivity index is 6.46. The average molecular weight is 850 g/mol.